The molecule has 0 saturated heterocycles. The SMILES string of the molecule is O=C(O)c1csc(CCNC(=O)C2CCCC2)n1. The minimum absolute atomic E-state index is 0.0807. The maximum Gasteiger partial charge on any atom is 0.355 e. The number of amides is 1. The van der Waals surface area contributed by atoms with Gasteiger partial charge in [-0.25, -0.2) is 9.78 Å². The summed E-state index contributed by atoms with van der Waals surface area (Å²) in [5, 5.41) is 13.9. The van der Waals surface area contributed by atoms with Crippen molar-refractivity contribution in [3.8, 4) is 0 Å². The van der Waals surface area contributed by atoms with E-state index in [1.165, 1.54) is 16.7 Å². The lowest BCUT2D eigenvalue weighted by Gasteiger charge is -2.09. The van der Waals surface area contributed by atoms with Gasteiger partial charge in [-0.2, -0.15) is 0 Å². The normalized spacial score (nSPS) is 15.8. The van der Waals surface area contributed by atoms with Gasteiger partial charge in [-0.15, -0.1) is 11.3 Å². The Morgan fingerprint density at radius 1 is 1.44 bits per heavy atom. The molecule has 1 saturated carbocycles. The van der Waals surface area contributed by atoms with Crippen molar-refractivity contribution in [1.29, 1.82) is 0 Å². The first-order valence-electron chi connectivity index (χ1n) is 6.12. The van der Waals surface area contributed by atoms with E-state index in [-0.39, 0.29) is 17.5 Å². The van der Waals surface area contributed by atoms with Gasteiger partial charge in [0, 0.05) is 24.3 Å². The number of carbonyl (C=O) groups excluding carboxylic acids is 1. The Labute approximate surface area is 109 Å². The van der Waals surface area contributed by atoms with Crippen LogP contribution in [0.1, 0.15) is 41.2 Å². The van der Waals surface area contributed by atoms with Gasteiger partial charge in [0.25, 0.3) is 0 Å². The molecule has 5 nitrogen and oxygen atoms in total. The van der Waals surface area contributed by atoms with Crippen LogP contribution in [0.15, 0.2) is 5.38 Å². The molecule has 98 valence electrons. The number of nitrogens with zero attached hydrogens (tertiary/aromatic N) is 1. The van der Waals surface area contributed by atoms with Crippen molar-refractivity contribution in [1.82, 2.24) is 10.3 Å². The van der Waals surface area contributed by atoms with Crippen molar-refractivity contribution in [2.45, 2.75) is 32.1 Å². The molecule has 0 aliphatic heterocycles. The second kappa shape index (κ2) is 5.95. The average Bonchev–Trinajstić information content (AvgIpc) is 3.00. The van der Waals surface area contributed by atoms with Crippen molar-refractivity contribution in [3.05, 3.63) is 16.1 Å². The number of rotatable bonds is 5. The van der Waals surface area contributed by atoms with Crippen molar-refractivity contribution < 1.29 is 14.7 Å². The number of carboxylic acid groups (broad SMARTS) is 1. The van der Waals surface area contributed by atoms with Gasteiger partial charge in [-0.3, -0.25) is 4.79 Å². The third kappa shape index (κ3) is 3.29. The van der Waals surface area contributed by atoms with E-state index in [0.717, 1.165) is 30.7 Å². The fourth-order valence-electron chi connectivity index (χ4n) is 2.15. The highest BCUT2D eigenvalue weighted by molar-refractivity contribution is 7.09. The van der Waals surface area contributed by atoms with E-state index >= 15 is 0 Å². The van der Waals surface area contributed by atoms with Crippen LogP contribution >= 0.6 is 11.3 Å². The topological polar surface area (TPSA) is 79.3 Å². The summed E-state index contributed by atoms with van der Waals surface area (Å²) >= 11 is 1.32. The molecule has 1 aromatic heterocycles. The van der Waals surface area contributed by atoms with Gasteiger partial charge in [0.2, 0.25) is 5.91 Å². The van der Waals surface area contributed by atoms with E-state index in [4.69, 9.17) is 5.11 Å². The van der Waals surface area contributed by atoms with Gasteiger partial charge >= 0.3 is 5.97 Å². The summed E-state index contributed by atoms with van der Waals surface area (Å²) in [5.41, 5.74) is 0.0807. The number of hydrogen-bond donors (Lipinski definition) is 2. The summed E-state index contributed by atoms with van der Waals surface area (Å²) in [5.74, 6) is -0.703. The van der Waals surface area contributed by atoms with Gasteiger partial charge in [-0.05, 0) is 12.8 Å². The Hall–Kier alpha value is -1.43. The predicted molar refractivity (Wildman–Crippen MR) is 67.7 cm³/mol. The summed E-state index contributed by atoms with van der Waals surface area (Å²) in [6.07, 6.45) is 4.87. The minimum Gasteiger partial charge on any atom is -0.476 e. The quantitative estimate of drug-likeness (QED) is 0.851. The Morgan fingerprint density at radius 2 is 2.17 bits per heavy atom. The second-order valence-electron chi connectivity index (χ2n) is 4.45. The molecule has 1 heterocycles. The van der Waals surface area contributed by atoms with Crippen molar-refractivity contribution >= 4 is 23.2 Å². The Bertz CT molecular complexity index is 438. The van der Waals surface area contributed by atoms with Crippen LogP contribution in [-0.2, 0) is 11.2 Å². The summed E-state index contributed by atoms with van der Waals surface area (Å²) in [6.45, 7) is 0.530. The van der Waals surface area contributed by atoms with Crippen molar-refractivity contribution in [2.24, 2.45) is 5.92 Å². The first kappa shape index (κ1) is 13.0. The van der Waals surface area contributed by atoms with E-state index in [1.807, 2.05) is 0 Å². The average molecular weight is 268 g/mol. The lowest BCUT2D eigenvalue weighted by atomic mass is 10.1. The van der Waals surface area contributed by atoms with Crippen LogP contribution < -0.4 is 5.32 Å². The van der Waals surface area contributed by atoms with Gasteiger partial charge < -0.3 is 10.4 Å². The molecule has 2 N–H and O–H groups in total. The summed E-state index contributed by atoms with van der Waals surface area (Å²) in [4.78, 5) is 26.3. The Kier molecular flexibility index (Phi) is 4.30. The molecule has 1 fully saturated rings. The number of nitrogens with one attached hydrogen (secondary N) is 1. The molecule has 6 heteroatoms. The maximum absolute atomic E-state index is 11.7. The highest BCUT2D eigenvalue weighted by Gasteiger charge is 2.22. The van der Waals surface area contributed by atoms with Crippen LogP contribution in [0.25, 0.3) is 0 Å². The van der Waals surface area contributed by atoms with Gasteiger partial charge in [0.1, 0.15) is 0 Å². The lowest BCUT2D eigenvalue weighted by molar-refractivity contribution is -0.124. The zero-order valence-corrected chi connectivity index (χ0v) is 10.8. The van der Waals surface area contributed by atoms with Crippen molar-refractivity contribution in [2.75, 3.05) is 6.54 Å². The molecule has 0 bridgehead atoms. The largest absolute Gasteiger partial charge is 0.476 e. The number of aromatic carboxylic acids is 1. The molecule has 0 radical (unpaired) electrons. The number of thiazole rings is 1. The van der Waals surface area contributed by atoms with Gasteiger partial charge in [0.05, 0.1) is 5.01 Å². The number of hydrogen-bond acceptors (Lipinski definition) is 4. The molecule has 0 aromatic carbocycles. The molecule has 1 aromatic rings. The maximum atomic E-state index is 11.7. The third-order valence-electron chi connectivity index (χ3n) is 3.13. The first-order valence-corrected chi connectivity index (χ1v) is 7.00. The number of aromatic nitrogens is 1. The van der Waals surface area contributed by atoms with Crippen LogP contribution in [0.2, 0.25) is 0 Å². The molecule has 1 aliphatic rings. The second-order valence-corrected chi connectivity index (χ2v) is 5.40. The van der Waals surface area contributed by atoms with E-state index in [1.54, 1.807) is 0 Å². The highest BCUT2D eigenvalue weighted by Crippen LogP contribution is 2.24. The molecular formula is C12H16N2O3S. The molecule has 0 unspecified atom stereocenters. The van der Waals surface area contributed by atoms with Crippen LogP contribution in [0, 0.1) is 5.92 Å². The predicted octanol–water partition coefficient (Wildman–Crippen LogP) is 1.69. The smallest absolute Gasteiger partial charge is 0.355 e. The molecular weight excluding hydrogens is 252 g/mol. The molecule has 0 spiro atoms. The summed E-state index contributed by atoms with van der Waals surface area (Å²) < 4.78 is 0. The van der Waals surface area contributed by atoms with Gasteiger partial charge in [-0.1, -0.05) is 12.8 Å². The van der Waals surface area contributed by atoms with Crippen LogP contribution in [0.4, 0.5) is 0 Å². The Balaban J connectivity index is 1.74. The van der Waals surface area contributed by atoms with Crippen molar-refractivity contribution in [3.63, 3.8) is 0 Å². The minimum atomic E-state index is -1.01. The highest BCUT2D eigenvalue weighted by atomic mass is 32.1. The fraction of sp³-hybridized carbons (Fsp3) is 0.583. The zero-order valence-electron chi connectivity index (χ0n) is 10.0. The molecule has 0 atom stereocenters. The van der Waals surface area contributed by atoms with E-state index in [0.29, 0.717) is 13.0 Å². The third-order valence-corrected chi connectivity index (χ3v) is 4.04. The standard InChI is InChI=1S/C12H16N2O3S/c15-11(8-3-1-2-4-8)13-6-5-10-14-9(7-18-10)12(16)17/h7-8H,1-6H2,(H,13,15)(H,16,17). The van der Waals surface area contributed by atoms with E-state index < -0.39 is 5.97 Å². The van der Waals surface area contributed by atoms with E-state index in [2.05, 4.69) is 10.3 Å². The monoisotopic (exact) mass is 268 g/mol. The van der Waals surface area contributed by atoms with Crippen LogP contribution in [0.5, 0.6) is 0 Å². The van der Waals surface area contributed by atoms with Crippen LogP contribution in [0.3, 0.4) is 0 Å². The summed E-state index contributed by atoms with van der Waals surface area (Å²) in [7, 11) is 0. The molecule has 18 heavy (non-hydrogen) atoms. The molecule has 1 aliphatic carbocycles. The van der Waals surface area contributed by atoms with E-state index in [9.17, 15) is 9.59 Å². The lowest BCUT2D eigenvalue weighted by Crippen LogP contribution is -2.30. The fourth-order valence-corrected chi connectivity index (χ4v) is 2.92. The first-order chi connectivity index (χ1) is 8.66. The zero-order chi connectivity index (χ0) is 13.0. The number of carboxylic acids is 1. The number of carbonyl (C=O) groups is 2. The summed E-state index contributed by atoms with van der Waals surface area (Å²) in [6, 6.07) is 0. The molecule has 1 amide bonds. The Morgan fingerprint density at radius 3 is 2.78 bits per heavy atom. The van der Waals surface area contributed by atoms with Gasteiger partial charge in [0.15, 0.2) is 5.69 Å². The molecule has 2 rings (SSSR count). The van der Waals surface area contributed by atoms with Crippen LogP contribution in [-0.4, -0.2) is 28.5 Å².